The molecule has 3 rings (SSSR count). The molecule has 0 heterocycles. The fraction of sp³-hybridized carbons (Fsp3) is 0.208. The standard InChI is InChI=1S/C24H26N2O4S/c1-3-26(4-2)31(28,29)22-16-14-20(15-17-22)25-24(27)23-13-9-8-10-19(23)18-30-21-11-6-5-7-12-21/h5-17H,3-4,18H2,1-2H3,(H,25,27). The minimum absolute atomic E-state index is 0.200. The second-order valence-corrected chi connectivity index (χ2v) is 8.76. The van der Waals surface area contributed by atoms with E-state index in [0.717, 1.165) is 11.3 Å². The van der Waals surface area contributed by atoms with Crippen LogP contribution in [0.1, 0.15) is 29.8 Å². The molecule has 0 atom stereocenters. The molecule has 0 spiro atoms. The van der Waals surface area contributed by atoms with Crippen LogP contribution in [0, 0.1) is 0 Å². The summed E-state index contributed by atoms with van der Waals surface area (Å²) in [5.41, 5.74) is 1.77. The van der Waals surface area contributed by atoms with E-state index in [2.05, 4.69) is 5.32 Å². The number of nitrogens with zero attached hydrogens (tertiary/aromatic N) is 1. The number of ether oxygens (including phenoxy) is 1. The van der Waals surface area contributed by atoms with Crippen LogP contribution in [-0.2, 0) is 16.6 Å². The van der Waals surface area contributed by atoms with Crippen molar-refractivity contribution < 1.29 is 17.9 Å². The number of carbonyl (C=O) groups excluding carboxylic acids is 1. The van der Waals surface area contributed by atoms with Gasteiger partial charge in [-0.05, 0) is 42.5 Å². The summed E-state index contributed by atoms with van der Waals surface area (Å²) in [6.45, 7) is 4.66. The van der Waals surface area contributed by atoms with Crippen molar-refractivity contribution in [1.29, 1.82) is 0 Å². The molecule has 0 unspecified atom stereocenters. The number of rotatable bonds is 9. The minimum atomic E-state index is -3.53. The number of sulfonamides is 1. The van der Waals surface area contributed by atoms with Crippen molar-refractivity contribution in [2.45, 2.75) is 25.3 Å². The molecule has 31 heavy (non-hydrogen) atoms. The van der Waals surface area contributed by atoms with Gasteiger partial charge in [0.25, 0.3) is 5.91 Å². The fourth-order valence-corrected chi connectivity index (χ4v) is 4.62. The number of anilines is 1. The third-order valence-electron chi connectivity index (χ3n) is 4.85. The zero-order valence-electron chi connectivity index (χ0n) is 17.6. The summed E-state index contributed by atoms with van der Waals surface area (Å²) in [6.07, 6.45) is 0. The lowest BCUT2D eigenvalue weighted by atomic mass is 10.1. The Hall–Kier alpha value is -3.16. The summed E-state index contributed by atoms with van der Waals surface area (Å²) in [5.74, 6) is 0.439. The number of hydrogen-bond acceptors (Lipinski definition) is 4. The number of nitrogens with one attached hydrogen (secondary N) is 1. The van der Waals surface area contributed by atoms with Gasteiger partial charge in [-0.2, -0.15) is 4.31 Å². The summed E-state index contributed by atoms with van der Waals surface area (Å²) >= 11 is 0. The van der Waals surface area contributed by atoms with Crippen molar-refractivity contribution in [3.63, 3.8) is 0 Å². The van der Waals surface area contributed by atoms with Crippen LogP contribution in [0.25, 0.3) is 0 Å². The van der Waals surface area contributed by atoms with Gasteiger partial charge in [-0.25, -0.2) is 8.42 Å². The molecule has 1 amide bonds. The van der Waals surface area contributed by atoms with Crippen molar-refractivity contribution in [3.8, 4) is 5.75 Å². The molecule has 0 saturated carbocycles. The molecule has 1 N–H and O–H groups in total. The predicted molar refractivity (Wildman–Crippen MR) is 122 cm³/mol. The van der Waals surface area contributed by atoms with Crippen molar-refractivity contribution in [3.05, 3.63) is 90.0 Å². The molecule has 162 valence electrons. The van der Waals surface area contributed by atoms with Gasteiger partial charge in [-0.1, -0.05) is 50.2 Å². The second kappa shape index (κ2) is 10.2. The van der Waals surface area contributed by atoms with E-state index in [1.165, 1.54) is 16.4 Å². The summed E-state index contributed by atoms with van der Waals surface area (Å²) in [4.78, 5) is 13.0. The highest BCUT2D eigenvalue weighted by atomic mass is 32.2. The molecule has 0 aliphatic rings. The van der Waals surface area contributed by atoms with E-state index in [4.69, 9.17) is 4.74 Å². The van der Waals surface area contributed by atoms with E-state index in [0.29, 0.717) is 24.3 Å². The lowest BCUT2D eigenvalue weighted by Gasteiger charge is -2.18. The highest BCUT2D eigenvalue weighted by molar-refractivity contribution is 7.89. The average Bonchev–Trinajstić information content (AvgIpc) is 2.79. The number of amides is 1. The maximum atomic E-state index is 12.8. The molecular weight excluding hydrogens is 412 g/mol. The average molecular weight is 439 g/mol. The van der Waals surface area contributed by atoms with Crippen molar-refractivity contribution >= 4 is 21.6 Å². The maximum absolute atomic E-state index is 12.8. The first-order valence-corrected chi connectivity index (χ1v) is 11.6. The van der Waals surface area contributed by atoms with E-state index in [-0.39, 0.29) is 17.4 Å². The van der Waals surface area contributed by atoms with Crippen LogP contribution in [-0.4, -0.2) is 31.7 Å². The van der Waals surface area contributed by atoms with Crippen LogP contribution >= 0.6 is 0 Å². The van der Waals surface area contributed by atoms with Crippen LogP contribution in [0.2, 0.25) is 0 Å². The van der Waals surface area contributed by atoms with Gasteiger partial charge in [0, 0.05) is 29.9 Å². The molecule has 0 aliphatic heterocycles. The monoisotopic (exact) mass is 438 g/mol. The molecule has 0 saturated heterocycles. The summed E-state index contributed by atoms with van der Waals surface area (Å²) in [6, 6.07) is 22.8. The Morgan fingerprint density at radius 3 is 2.13 bits per heavy atom. The van der Waals surface area contributed by atoms with E-state index >= 15 is 0 Å². The molecular formula is C24H26N2O4S. The quantitative estimate of drug-likeness (QED) is 0.532. The van der Waals surface area contributed by atoms with E-state index in [1.54, 1.807) is 38.1 Å². The molecule has 3 aromatic carbocycles. The minimum Gasteiger partial charge on any atom is -0.489 e. The first-order chi connectivity index (χ1) is 15.0. The Balaban J connectivity index is 1.72. The molecule has 0 aromatic heterocycles. The normalized spacial score (nSPS) is 11.3. The van der Waals surface area contributed by atoms with Gasteiger partial charge in [0.05, 0.1) is 4.90 Å². The molecule has 0 aliphatic carbocycles. The highest BCUT2D eigenvalue weighted by Crippen LogP contribution is 2.20. The Morgan fingerprint density at radius 1 is 0.871 bits per heavy atom. The number of para-hydroxylation sites is 1. The molecule has 0 bridgehead atoms. The third kappa shape index (κ3) is 5.51. The van der Waals surface area contributed by atoms with Crippen molar-refractivity contribution in [1.82, 2.24) is 4.31 Å². The lowest BCUT2D eigenvalue weighted by molar-refractivity contribution is 0.102. The van der Waals surface area contributed by atoms with Gasteiger partial charge in [0.1, 0.15) is 12.4 Å². The Labute approximate surface area is 183 Å². The van der Waals surface area contributed by atoms with Gasteiger partial charge in [-0.3, -0.25) is 4.79 Å². The SMILES string of the molecule is CCN(CC)S(=O)(=O)c1ccc(NC(=O)c2ccccc2COc2ccccc2)cc1. The van der Waals surface area contributed by atoms with Gasteiger partial charge in [0.2, 0.25) is 10.0 Å². The van der Waals surface area contributed by atoms with Crippen molar-refractivity contribution in [2.75, 3.05) is 18.4 Å². The van der Waals surface area contributed by atoms with E-state index in [9.17, 15) is 13.2 Å². The van der Waals surface area contributed by atoms with Crippen LogP contribution in [0.5, 0.6) is 5.75 Å². The third-order valence-corrected chi connectivity index (χ3v) is 6.92. The number of benzene rings is 3. The molecule has 3 aromatic rings. The lowest BCUT2D eigenvalue weighted by Crippen LogP contribution is -2.30. The zero-order chi connectivity index (χ0) is 22.3. The summed E-state index contributed by atoms with van der Waals surface area (Å²) < 4.78 is 32.4. The summed E-state index contributed by atoms with van der Waals surface area (Å²) in [7, 11) is -3.53. The smallest absolute Gasteiger partial charge is 0.256 e. The molecule has 7 heteroatoms. The molecule has 6 nitrogen and oxygen atoms in total. The van der Waals surface area contributed by atoms with Crippen molar-refractivity contribution in [2.24, 2.45) is 0 Å². The molecule has 0 fully saturated rings. The first kappa shape index (κ1) is 22.5. The maximum Gasteiger partial charge on any atom is 0.256 e. The van der Waals surface area contributed by atoms with Gasteiger partial charge in [0.15, 0.2) is 0 Å². The Bertz CT molecular complexity index is 1110. The number of hydrogen-bond donors (Lipinski definition) is 1. The zero-order valence-corrected chi connectivity index (χ0v) is 18.4. The van der Waals surface area contributed by atoms with Gasteiger partial charge >= 0.3 is 0 Å². The largest absolute Gasteiger partial charge is 0.489 e. The molecule has 0 radical (unpaired) electrons. The second-order valence-electron chi connectivity index (χ2n) is 6.83. The fourth-order valence-electron chi connectivity index (χ4n) is 3.17. The predicted octanol–water partition coefficient (Wildman–Crippen LogP) is 4.55. The van der Waals surface area contributed by atoms with Crippen LogP contribution in [0.3, 0.4) is 0 Å². The highest BCUT2D eigenvalue weighted by Gasteiger charge is 2.21. The van der Waals surface area contributed by atoms with Gasteiger partial charge in [-0.15, -0.1) is 0 Å². The van der Waals surface area contributed by atoms with E-state index < -0.39 is 10.0 Å². The van der Waals surface area contributed by atoms with E-state index in [1.807, 2.05) is 42.5 Å². The van der Waals surface area contributed by atoms with Crippen LogP contribution in [0.15, 0.2) is 83.8 Å². The Morgan fingerprint density at radius 2 is 1.48 bits per heavy atom. The van der Waals surface area contributed by atoms with Crippen LogP contribution < -0.4 is 10.1 Å². The van der Waals surface area contributed by atoms with Crippen LogP contribution in [0.4, 0.5) is 5.69 Å². The number of carbonyl (C=O) groups is 1. The topological polar surface area (TPSA) is 75.7 Å². The first-order valence-electron chi connectivity index (χ1n) is 10.1. The summed E-state index contributed by atoms with van der Waals surface area (Å²) in [5, 5.41) is 2.83. The Kier molecular flexibility index (Phi) is 7.44. The van der Waals surface area contributed by atoms with Gasteiger partial charge < -0.3 is 10.1 Å².